The Labute approximate surface area is 128 Å². The van der Waals surface area contributed by atoms with E-state index in [4.69, 9.17) is 17.3 Å². The quantitative estimate of drug-likeness (QED) is 0.776. The fourth-order valence-corrected chi connectivity index (χ4v) is 3.27. The van der Waals surface area contributed by atoms with Crippen LogP contribution in [0.2, 0.25) is 5.02 Å². The van der Waals surface area contributed by atoms with Crippen molar-refractivity contribution in [3.05, 3.63) is 40.4 Å². The number of carbonyl (C=O) groups excluding carboxylic acids is 1. The van der Waals surface area contributed by atoms with E-state index in [1.54, 1.807) is 0 Å². The van der Waals surface area contributed by atoms with Crippen molar-refractivity contribution < 1.29 is 4.79 Å². The number of carbonyl (C=O) groups is 1. The zero-order chi connectivity index (χ0) is 15.1. The minimum absolute atomic E-state index is 0.0870. The van der Waals surface area contributed by atoms with Gasteiger partial charge in [0.05, 0.1) is 10.6 Å². The molecule has 0 amide bonds. The second kappa shape index (κ2) is 5.23. The first-order valence-corrected chi connectivity index (χ1v) is 7.61. The molecule has 1 aromatic heterocycles. The minimum atomic E-state index is -0.433. The number of nitrogens with two attached hydrogens (primary N) is 1. The fraction of sp³-hybridized carbons (Fsp3) is 0.312. The average molecular weight is 308 g/mol. The summed E-state index contributed by atoms with van der Waals surface area (Å²) in [6.45, 7) is 7.69. The third kappa shape index (κ3) is 2.74. The summed E-state index contributed by atoms with van der Waals surface area (Å²) in [4.78, 5) is 13.5. The predicted octanol–water partition coefficient (Wildman–Crippen LogP) is 5.19. The first-order valence-electron chi connectivity index (χ1n) is 6.41. The molecule has 0 atom stereocenters. The number of hydrogen-bond donors (Lipinski definition) is 1. The molecule has 0 radical (unpaired) electrons. The number of nitrogen functional groups attached to an aromatic ring is 1. The van der Waals surface area contributed by atoms with Crippen molar-refractivity contribution in [3.8, 4) is 10.4 Å². The number of benzene rings is 1. The highest BCUT2D eigenvalue weighted by Gasteiger charge is 2.29. The van der Waals surface area contributed by atoms with Crippen LogP contribution in [0.25, 0.3) is 10.4 Å². The normalized spacial score (nSPS) is 11.7. The van der Waals surface area contributed by atoms with E-state index >= 15 is 0 Å². The van der Waals surface area contributed by atoms with Crippen LogP contribution in [-0.4, -0.2) is 5.78 Å². The largest absolute Gasteiger partial charge is 0.390 e. The number of thiophene rings is 1. The van der Waals surface area contributed by atoms with E-state index in [0.717, 1.165) is 16.0 Å². The van der Waals surface area contributed by atoms with Crippen molar-refractivity contribution in [2.75, 3.05) is 5.73 Å². The number of Topliss-reactive ketones (excluding diaryl/α,β-unsaturated/α-hetero) is 1. The summed E-state index contributed by atoms with van der Waals surface area (Å²) in [6, 6.07) is 7.59. The first kappa shape index (κ1) is 15.1. The molecule has 2 aromatic rings. The third-order valence-electron chi connectivity index (χ3n) is 3.19. The third-order valence-corrected chi connectivity index (χ3v) is 4.61. The van der Waals surface area contributed by atoms with Crippen molar-refractivity contribution in [2.24, 2.45) is 5.41 Å². The molecule has 106 valence electrons. The van der Waals surface area contributed by atoms with Gasteiger partial charge >= 0.3 is 0 Å². The minimum Gasteiger partial charge on any atom is -0.390 e. The SMILES string of the molecule is Cc1c(-c2ccc(Cl)cc2)sc(N)c1C(=O)C(C)(C)C. The van der Waals surface area contributed by atoms with Crippen LogP contribution in [-0.2, 0) is 0 Å². The fourth-order valence-electron chi connectivity index (χ4n) is 2.07. The Hall–Kier alpha value is -1.32. The second-order valence-corrected chi connectivity index (χ2v) is 7.37. The number of hydrogen-bond acceptors (Lipinski definition) is 3. The lowest BCUT2D eigenvalue weighted by atomic mass is 9.85. The maximum absolute atomic E-state index is 12.5. The van der Waals surface area contributed by atoms with Crippen molar-refractivity contribution in [1.29, 1.82) is 0 Å². The van der Waals surface area contributed by atoms with Gasteiger partial charge in [0.15, 0.2) is 5.78 Å². The van der Waals surface area contributed by atoms with Crippen molar-refractivity contribution in [3.63, 3.8) is 0 Å². The molecule has 2 N–H and O–H groups in total. The molecule has 0 fully saturated rings. The second-order valence-electron chi connectivity index (χ2n) is 5.88. The van der Waals surface area contributed by atoms with Gasteiger partial charge in [-0.2, -0.15) is 0 Å². The molecular weight excluding hydrogens is 290 g/mol. The highest BCUT2D eigenvalue weighted by Crippen LogP contribution is 2.40. The molecule has 1 heterocycles. The highest BCUT2D eigenvalue weighted by atomic mass is 35.5. The Bertz CT molecular complexity index is 650. The molecule has 2 rings (SSSR count). The van der Waals surface area contributed by atoms with Gasteiger partial charge in [-0.1, -0.05) is 44.5 Å². The van der Waals surface area contributed by atoms with Crippen LogP contribution in [0.1, 0.15) is 36.7 Å². The molecule has 0 aliphatic rings. The maximum Gasteiger partial charge on any atom is 0.171 e. The molecule has 0 spiro atoms. The molecular formula is C16H18ClNOS. The van der Waals surface area contributed by atoms with Crippen LogP contribution >= 0.6 is 22.9 Å². The van der Waals surface area contributed by atoms with Crippen LogP contribution in [0.4, 0.5) is 5.00 Å². The van der Waals surface area contributed by atoms with Gasteiger partial charge in [-0.15, -0.1) is 11.3 Å². The molecule has 4 heteroatoms. The van der Waals surface area contributed by atoms with Crippen LogP contribution in [0.3, 0.4) is 0 Å². The zero-order valence-electron chi connectivity index (χ0n) is 12.1. The highest BCUT2D eigenvalue weighted by molar-refractivity contribution is 7.19. The van der Waals surface area contributed by atoms with Crippen molar-refractivity contribution in [2.45, 2.75) is 27.7 Å². The summed E-state index contributed by atoms with van der Waals surface area (Å²) < 4.78 is 0. The lowest BCUT2D eigenvalue weighted by molar-refractivity contribution is 0.0859. The monoisotopic (exact) mass is 307 g/mol. The Morgan fingerprint density at radius 3 is 2.25 bits per heavy atom. The Balaban J connectivity index is 2.54. The molecule has 1 aromatic carbocycles. The molecule has 0 saturated heterocycles. The van der Waals surface area contributed by atoms with Crippen LogP contribution in [0.15, 0.2) is 24.3 Å². The topological polar surface area (TPSA) is 43.1 Å². The maximum atomic E-state index is 12.5. The molecule has 0 aliphatic heterocycles. The van der Waals surface area contributed by atoms with E-state index in [1.165, 1.54) is 11.3 Å². The lowest BCUT2D eigenvalue weighted by Crippen LogP contribution is -2.21. The van der Waals surface area contributed by atoms with E-state index in [0.29, 0.717) is 15.6 Å². The molecule has 0 bridgehead atoms. The van der Waals surface area contributed by atoms with E-state index in [2.05, 4.69) is 0 Å². The van der Waals surface area contributed by atoms with E-state index in [1.807, 2.05) is 52.0 Å². The standard InChI is InChI=1S/C16H18ClNOS/c1-9-12(14(19)16(2,3)4)15(18)20-13(9)10-5-7-11(17)8-6-10/h5-8H,18H2,1-4H3. The van der Waals surface area contributed by atoms with Crippen LogP contribution in [0, 0.1) is 12.3 Å². The lowest BCUT2D eigenvalue weighted by Gasteiger charge is -2.17. The summed E-state index contributed by atoms with van der Waals surface area (Å²) in [6.07, 6.45) is 0. The molecule has 2 nitrogen and oxygen atoms in total. The van der Waals surface area contributed by atoms with E-state index < -0.39 is 5.41 Å². The smallest absolute Gasteiger partial charge is 0.171 e. The average Bonchev–Trinajstić information content (AvgIpc) is 2.64. The summed E-state index contributed by atoms with van der Waals surface area (Å²) in [7, 11) is 0. The van der Waals surface area contributed by atoms with E-state index in [9.17, 15) is 4.79 Å². The Morgan fingerprint density at radius 2 is 1.75 bits per heavy atom. The molecule has 0 saturated carbocycles. The summed E-state index contributed by atoms with van der Waals surface area (Å²) in [5, 5.41) is 1.29. The van der Waals surface area contributed by atoms with Gasteiger partial charge in [0.1, 0.15) is 0 Å². The van der Waals surface area contributed by atoms with E-state index in [-0.39, 0.29) is 5.78 Å². The summed E-state index contributed by atoms with van der Waals surface area (Å²) >= 11 is 7.37. The van der Waals surface area contributed by atoms with Gasteiger partial charge < -0.3 is 5.73 Å². The van der Waals surface area contributed by atoms with Crippen LogP contribution < -0.4 is 5.73 Å². The van der Waals surface area contributed by atoms with Gasteiger partial charge in [0.2, 0.25) is 0 Å². The molecule has 20 heavy (non-hydrogen) atoms. The van der Waals surface area contributed by atoms with Crippen molar-refractivity contribution >= 4 is 33.7 Å². The Kier molecular flexibility index (Phi) is 3.94. The van der Waals surface area contributed by atoms with Crippen molar-refractivity contribution in [1.82, 2.24) is 0 Å². The van der Waals surface area contributed by atoms with Gasteiger partial charge in [-0.25, -0.2) is 0 Å². The summed E-state index contributed by atoms with van der Waals surface area (Å²) in [5.74, 6) is 0.0870. The van der Waals surface area contributed by atoms with Gasteiger partial charge in [-0.05, 0) is 30.2 Å². The predicted molar refractivity (Wildman–Crippen MR) is 87.7 cm³/mol. The van der Waals surface area contributed by atoms with Gasteiger partial charge in [-0.3, -0.25) is 4.79 Å². The van der Waals surface area contributed by atoms with Gasteiger partial charge in [0.25, 0.3) is 0 Å². The number of anilines is 1. The zero-order valence-corrected chi connectivity index (χ0v) is 13.7. The number of halogens is 1. The molecule has 0 unspecified atom stereocenters. The van der Waals surface area contributed by atoms with Crippen LogP contribution in [0.5, 0.6) is 0 Å². The number of rotatable bonds is 2. The first-order chi connectivity index (χ1) is 9.21. The van der Waals surface area contributed by atoms with Gasteiger partial charge in [0, 0.05) is 15.3 Å². The number of ketones is 1. The Morgan fingerprint density at radius 1 is 1.20 bits per heavy atom. The summed E-state index contributed by atoms with van der Waals surface area (Å²) in [5.41, 5.74) is 8.30. The molecule has 0 aliphatic carbocycles.